The third kappa shape index (κ3) is 8.51. The fourth-order valence-electron chi connectivity index (χ4n) is 11.5. The van der Waals surface area contributed by atoms with E-state index in [4.69, 9.17) is 9.72 Å². The Bertz CT molecular complexity index is 3580. The lowest BCUT2D eigenvalue weighted by molar-refractivity contribution is 0.484. The van der Waals surface area contributed by atoms with Crippen LogP contribution in [0.1, 0.15) is 119 Å². The lowest BCUT2D eigenvalue weighted by Gasteiger charge is -2.31. The zero-order valence-corrected chi connectivity index (χ0v) is 45.6. The molecule has 2 aliphatic heterocycles. The van der Waals surface area contributed by atoms with Crippen molar-refractivity contribution in [2.24, 2.45) is 0 Å². The van der Waals surface area contributed by atoms with Gasteiger partial charge in [-0.25, -0.2) is 4.98 Å². The molecule has 368 valence electrons. The summed E-state index contributed by atoms with van der Waals surface area (Å²) in [6.07, 6.45) is 1.96. The molecule has 7 aromatic carbocycles. The standard InChI is InChI=1S/C67H71BN4O/c1-42(2)68-54-26-21-29-58-61(54)62-55(68)39-51(40-59(62)72(58)60-37-45(30-31-69-60)64(3,4)5)73-50-25-20-24-49(38-50)70-41-71(57-28-19-18-27-56(57)70)63-52(43-22-16-15-17-23-43)35-48(67(12,13)14)36-53(63)44-32-46(65(6,7)8)34-47(33-44)66(9,10)11/h15-40,42H,41H2,1-14H3. The van der Waals surface area contributed by atoms with E-state index in [0.29, 0.717) is 12.5 Å². The average Bonchev–Trinajstić information content (AvgIpc) is 4.01. The number of hydrogen-bond acceptors (Lipinski definition) is 4. The van der Waals surface area contributed by atoms with Crippen LogP contribution < -0.4 is 25.5 Å². The molecule has 0 fully saturated rings. The van der Waals surface area contributed by atoms with E-state index in [9.17, 15) is 0 Å². The molecule has 0 unspecified atom stereocenters. The van der Waals surface area contributed by atoms with Crippen molar-refractivity contribution in [2.75, 3.05) is 16.5 Å². The molecule has 0 spiro atoms. The molecular weight excluding hydrogens is 888 g/mol. The Kier molecular flexibility index (Phi) is 11.4. The van der Waals surface area contributed by atoms with Crippen LogP contribution in [0.5, 0.6) is 11.5 Å². The van der Waals surface area contributed by atoms with Gasteiger partial charge in [0.05, 0.1) is 28.1 Å². The predicted molar refractivity (Wildman–Crippen MR) is 313 cm³/mol. The summed E-state index contributed by atoms with van der Waals surface area (Å²) in [5.74, 6) is 2.95. The molecule has 0 radical (unpaired) electrons. The quantitative estimate of drug-likeness (QED) is 0.142. The molecular formula is C67H71BN4O. The molecule has 0 bridgehead atoms. The van der Waals surface area contributed by atoms with E-state index in [2.05, 4.69) is 263 Å². The van der Waals surface area contributed by atoms with Crippen molar-refractivity contribution >= 4 is 62.2 Å². The first-order valence-corrected chi connectivity index (χ1v) is 26.4. The number of aromatic nitrogens is 2. The second-order valence-corrected chi connectivity index (χ2v) is 25.3. The summed E-state index contributed by atoms with van der Waals surface area (Å²) < 4.78 is 9.47. The Morgan fingerprint density at radius 1 is 0.479 bits per heavy atom. The number of para-hydroxylation sites is 2. The second-order valence-electron chi connectivity index (χ2n) is 25.3. The van der Waals surface area contributed by atoms with E-state index in [1.807, 2.05) is 6.20 Å². The molecule has 4 heterocycles. The highest BCUT2D eigenvalue weighted by Crippen LogP contribution is 2.52. The largest absolute Gasteiger partial charge is 0.457 e. The zero-order valence-electron chi connectivity index (χ0n) is 45.6. The average molecular weight is 959 g/mol. The first-order chi connectivity index (χ1) is 34.5. The summed E-state index contributed by atoms with van der Waals surface area (Å²) in [6.45, 7) is 33.4. The SMILES string of the molecule is CC(C)B1c2cccc3c2c2c1cc(Oc1cccc(N4CN(c5c(-c6ccccc6)cc(C(C)(C)C)cc5-c5cc(C(C)(C)C)cc(C(C)(C)C)c5)c5ccccc54)c1)cc2n3-c1cc(C(C)(C)C)ccn1. The normalized spacial score (nSPS) is 13.9. The molecule has 0 aliphatic carbocycles. The summed E-state index contributed by atoms with van der Waals surface area (Å²) in [4.78, 5) is 10.0. The Morgan fingerprint density at radius 2 is 1.07 bits per heavy atom. The molecule has 73 heavy (non-hydrogen) atoms. The van der Waals surface area contributed by atoms with Gasteiger partial charge in [-0.3, -0.25) is 4.57 Å². The molecule has 9 aromatic rings. The molecule has 11 rings (SSSR count). The van der Waals surface area contributed by atoms with E-state index in [-0.39, 0.29) is 28.4 Å². The van der Waals surface area contributed by atoms with Crippen LogP contribution >= 0.6 is 0 Å². The molecule has 0 amide bonds. The number of anilines is 4. The highest BCUT2D eigenvalue weighted by atomic mass is 16.5. The van der Waals surface area contributed by atoms with Gasteiger partial charge in [0.2, 0.25) is 6.71 Å². The Morgan fingerprint density at radius 3 is 1.71 bits per heavy atom. The second kappa shape index (κ2) is 17.3. The van der Waals surface area contributed by atoms with Gasteiger partial charge in [0.15, 0.2) is 0 Å². The van der Waals surface area contributed by atoms with Crippen molar-refractivity contribution in [1.29, 1.82) is 0 Å². The number of fused-ring (bicyclic) bond motifs is 1. The topological polar surface area (TPSA) is 33.5 Å². The first-order valence-electron chi connectivity index (χ1n) is 26.4. The number of pyridine rings is 1. The van der Waals surface area contributed by atoms with E-state index in [1.165, 1.54) is 83.1 Å². The van der Waals surface area contributed by atoms with Gasteiger partial charge in [-0.1, -0.05) is 193 Å². The molecule has 0 N–H and O–H groups in total. The van der Waals surface area contributed by atoms with E-state index >= 15 is 0 Å². The van der Waals surface area contributed by atoms with Crippen LogP contribution in [-0.2, 0) is 21.7 Å². The zero-order chi connectivity index (χ0) is 51.5. The van der Waals surface area contributed by atoms with Crippen molar-refractivity contribution in [1.82, 2.24) is 9.55 Å². The van der Waals surface area contributed by atoms with Crippen LogP contribution in [0.3, 0.4) is 0 Å². The highest BCUT2D eigenvalue weighted by molar-refractivity contribution is 6.93. The summed E-state index contributed by atoms with van der Waals surface area (Å²) in [5, 5.41) is 2.65. The summed E-state index contributed by atoms with van der Waals surface area (Å²) >= 11 is 0. The van der Waals surface area contributed by atoms with Crippen molar-refractivity contribution < 1.29 is 4.74 Å². The van der Waals surface area contributed by atoms with Gasteiger partial charge >= 0.3 is 0 Å². The van der Waals surface area contributed by atoms with Crippen LogP contribution in [0.25, 0.3) is 49.9 Å². The van der Waals surface area contributed by atoms with Crippen LogP contribution in [0.4, 0.5) is 22.7 Å². The number of ether oxygens (including phenoxy) is 1. The summed E-state index contributed by atoms with van der Waals surface area (Å²) in [5.41, 5.74) is 19.6. The number of hydrogen-bond donors (Lipinski definition) is 0. The van der Waals surface area contributed by atoms with Gasteiger partial charge < -0.3 is 14.5 Å². The smallest absolute Gasteiger partial charge is 0.213 e. The third-order valence-corrected chi connectivity index (χ3v) is 15.5. The maximum Gasteiger partial charge on any atom is 0.213 e. The molecule has 5 nitrogen and oxygen atoms in total. The minimum Gasteiger partial charge on any atom is -0.457 e. The van der Waals surface area contributed by atoms with E-state index < -0.39 is 0 Å². The Balaban J connectivity index is 1.05. The van der Waals surface area contributed by atoms with E-state index in [1.54, 1.807) is 0 Å². The van der Waals surface area contributed by atoms with Crippen LogP contribution in [0.15, 0.2) is 158 Å². The van der Waals surface area contributed by atoms with E-state index in [0.717, 1.165) is 34.2 Å². The lowest BCUT2D eigenvalue weighted by atomic mass is 9.36. The van der Waals surface area contributed by atoms with Gasteiger partial charge in [-0.05, 0) is 116 Å². The molecule has 0 saturated heterocycles. The Labute approximate surface area is 435 Å². The Hall–Kier alpha value is -7.05. The van der Waals surface area contributed by atoms with Crippen molar-refractivity contribution in [2.45, 2.75) is 124 Å². The minimum atomic E-state index is -0.0904. The fraction of sp³-hybridized carbons (Fsp3) is 0.299. The third-order valence-electron chi connectivity index (χ3n) is 15.5. The minimum absolute atomic E-state index is 0.0175. The van der Waals surface area contributed by atoms with Crippen LogP contribution in [-0.4, -0.2) is 22.9 Å². The monoisotopic (exact) mass is 959 g/mol. The molecule has 2 aliphatic rings. The van der Waals surface area contributed by atoms with Crippen molar-refractivity contribution in [3.8, 4) is 39.6 Å². The maximum atomic E-state index is 7.11. The number of rotatable bonds is 8. The molecule has 2 aromatic heterocycles. The number of nitrogens with zero attached hydrogens (tertiary/aromatic N) is 4. The highest BCUT2D eigenvalue weighted by Gasteiger charge is 2.37. The fourth-order valence-corrected chi connectivity index (χ4v) is 11.5. The van der Waals surface area contributed by atoms with Gasteiger partial charge in [0.1, 0.15) is 24.0 Å². The van der Waals surface area contributed by atoms with Crippen LogP contribution in [0, 0.1) is 0 Å². The van der Waals surface area contributed by atoms with Gasteiger partial charge in [0.25, 0.3) is 0 Å². The predicted octanol–water partition coefficient (Wildman–Crippen LogP) is 17.1. The van der Waals surface area contributed by atoms with Gasteiger partial charge in [-0.15, -0.1) is 0 Å². The van der Waals surface area contributed by atoms with Crippen molar-refractivity contribution in [3.05, 3.63) is 180 Å². The molecule has 0 atom stereocenters. The van der Waals surface area contributed by atoms with Gasteiger partial charge in [0, 0.05) is 45.9 Å². The molecule has 0 saturated carbocycles. The van der Waals surface area contributed by atoms with Crippen LogP contribution in [0.2, 0.25) is 5.82 Å². The lowest BCUT2D eigenvalue weighted by Crippen LogP contribution is -2.41. The summed E-state index contributed by atoms with van der Waals surface area (Å²) in [7, 11) is 0. The molecule has 6 heteroatoms. The maximum absolute atomic E-state index is 7.11. The summed E-state index contributed by atoms with van der Waals surface area (Å²) in [6, 6.07) is 56.6. The first kappa shape index (κ1) is 48.2. The number of benzene rings is 7. The van der Waals surface area contributed by atoms with Crippen molar-refractivity contribution in [3.63, 3.8) is 0 Å². The van der Waals surface area contributed by atoms with Gasteiger partial charge in [-0.2, -0.15) is 0 Å².